The molecule has 0 bridgehead atoms. The lowest BCUT2D eigenvalue weighted by molar-refractivity contribution is -0.133. The van der Waals surface area contributed by atoms with Gasteiger partial charge < -0.3 is 25.5 Å². The number of aliphatic carboxylic acids is 2. The topological polar surface area (TPSA) is 135 Å². The molecule has 0 aromatic rings. The van der Waals surface area contributed by atoms with E-state index in [1.807, 2.05) is 0 Å². The summed E-state index contributed by atoms with van der Waals surface area (Å²) < 4.78 is 0. The predicted octanol–water partition coefficient (Wildman–Crippen LogP) is 1.29. The molecule has 0 saturated heterocycles. The molecule has 5 N–H and O–H groups in total. The Hall–Kier alpha value is -1.70. The lowest BCUT2D eigenvalue weighted by Gasteiger charge is -1.79. The molecule has 0 spiro atoms. The summed E-state index contributed by atoms with van der Waals surface area (Å²) in [4.78, 5) is 19.2. The van der Waals surface area contributed by atoms with Crippen molar-refractivity contribution >= 4 is 11.9 Å². The Balaban J connectivity index is -0.0000000533. The first-order chi connectivity index (χ1) is 9.53. The molecule has 7 heteroatoms. The fraction of sp³-hybridized carbons (Fsp3) is 0.571. The third-order valence-corrected chi connectivity index (χ3v) is 0.730. The van der Waals surface area contributed by atoms with Gasteiger partial charge in [-0.2, -0.15) is 0 Å². The van der Waals surface area contributed by atoms with Crippen molar-refractivity contribution in [3.8, 4) is 0 Å². The Bertz CT molecular complexity index is 207. The molecule has 0 aliphatic rings. The number of carboxylic acid groups (broad SMARTS) is 2. The number of hydrogen-bond donors (Lipinski definition) is 5. The lowest BCUT2D eigenvalue weighted by Crippen LogP contribution is -1.92. The molecule has 0 unspecified atom stereocenters. The van der Waals surface area contributed by atoms with Crippen molar-refractivity contribution in [2.45, 2.75) is 34.6 Å². The van der Waals surface area contributed by atoms with Crippen LogP contribution in [-0.4, -0.2) is 57.3 Å². The van der Waals surface area contributed by atoms with Crippen LogP contribution in [0.4, 0.5) is 0 Å². The highest BCUT2D eigenvalue weighted by atomic mass is 16.4. The van der Waals surface area contributed by atoms with E-state index in [0.29, 0.717) is 0 Å². The number of hydrogen-bond acceptors (Lipinski definition) is 5. The Morgan fingerprint density at radius 2 is 0.762 bits per heavy atom. The van der Waals surface area contributed by atoms with Crippen molar-refractivity contribution in [1.29, 1.82) is 0 Å². The molecule has 0 amide bonds. The van der Waals surface area contributed by atoms with Crippen LogP contribution >= 0.6 is 0 Å². The summed E-state index contributed by atoms with van der Waals surface area (Å²) in [6, 6.07) is 0. The van der Waals surface area contributed by atoms with Gasteiger partial charge in [-0.3, -0.25) is 0 Å². The van der Waals surface area contributed by atoms with Gasteiger partial charge in [0.25, 0.3) is 0 Å². The van der Waals surface area contributed by atoms with Gasteiger partial charge in [-0.05, 0) is 34.6 Å². The highest BCUT2D eigenvalue weighted by molar-refractivity contribution is 5.85. The molecular weight excluding hydrogens is 280 g/mol. The second kappa shape index (κ2) is 31.0. The normalized spacial score (nSPS) is 6.86. The van der Waals surface area contributed by atoms with Gasteiger partial charge in [-0.25, -0.2) is 9.59 Å². The summed E-state index contributed by atoms with van der Waals surface area (Å²) in [6.07, 6.45) is 0. The molecule has 0 aromatic heterocycles. The lowest BCUT2D eigenvalue weighted by atomic mass is 10.4. The summed E-state index contributed by atoms with van der Waals surface area (Å²) >= 11 is 0. The zero-order valence-corrected chi connectivity index (χ0v) is 13.6. The largest absolute Gasteiger partial charge is 0.478 e. The van der Waals surface area contributed by atoms with E-state index in [4.69, 9.17) is 25.5 Å². The van der Waals surface area contributed by atoms with Crippen molar-refractivity contribution in [3.63, 3.8) is 0 Å². The fourth-order valence-corrected chi connectivity index (χ4v) is 0. The van der Waals surface area contributed by atoms with Crippen LogP contribution in [0.25, 0.3) is 0 Å². The van der Waals surface area contributed by atoms with Crippen molar-refractivity contribution in [2.75, 3.05) is 19.8 Å². The van der Waals surface area contributed by atoms with Gasteiger partial charge in [0.05, 0.1) is 0 Å². The molecule has 0 aromatic carbocycles. The van der Waals surface area contributed by atoms with Crippen LogP contribution in [0.3, 0.4) is 0 Å². The molecule has 0 heterocycles. The summed E-state index contributed by atoms with van der Waals surface area (Å²) in [5.74, 6) is -1.87. The zero-order chi connectivity index (χ0) is 18.4. The van der Waals surface area contributed by atoms with Crippen LogP contribution in [0, 0.1) is 0 Å². The Morgan fingerprint density at radius 3 is 0.762 bits per heavy atom. The predicted molar refractivity (Wildman–Crippen MR) is 83.2 cm³/mol. The van der Waals surface area contributed by atoms with Gasteiger partial charge in [-0.15, -0.1) is 0 Å². The summed E-state index contributed by atoms with van der Waals surface area (Å²) in [6.45, 7) is 15.0. The SMILES string of the molecule is C=C(C)C(=O)O.C=C(C)C(=O)O.CCO.CCO.CCO. The molecule has 0 fully saturated rings. The Labute approximate surface area is 126 Å². The summed E-state index contributed by atoms with van der Waals surface area (Å²) in [5.41, 5.74) is 0.352. The van der Waals surface area contributed by atoms with E-state index in [9.17, 15) is 9.59 Å². The molecule has 0 aliphatic carbocycles. The van der Waals surface area contributed by atoms with E-state index in [0.717, 1.165) is 0 Å². The van der Waals surface area contributed by atoms with Gasteiger partial charge in [0.15, 0.2) is 0 Å². The minimum atomic E-state index is -0.935. The minimum Gasteiger partial charge on any atom is -0.478 e. The van der Waals surface area contributed by atoms with E-state index < -0.39 is 11.9 Å². The maximum absolute atomic E-state index is 9.60. The average Bonchev–Trinajstić information content (AvgIpc) is 2.32. The highest BCUT2D eigenvalue weighted by Gasteiger charge is 1.90. The standard InChI is InChI=1S/2C4H6O2.3C2H6O/c2*1-3(2)4(5)6;3*1-2-3/h2*1H2,2H3,(H,5,6);3*3H,2H2,1H3. The molecule has 0 rings (SSSR count). The van der Waals surface area contributed by atoms with Crippen molar-refractivity contribution < 1.29 is 35.1 Å². The molecule has 21 heavy (non-hydrogen) atoms. The first-order valence-electron chi connectivity index (χ1n) is 6.13. The van der Waals surface area contributed by atoms with Crippen LogP contribution in [0.15, 0.2) is 24.3 Å². The quantitative estimate of drug-likeness (QED) is 0.485. The van der Waals surface area contributed by atoms with Gasteiger partial charge in [0.2, 0.25) is 0 Å². The third-order valence-electron chi connectivity index (χ3n) is 0.730. The molecular formula is C14H30O7. The van der Waals surface area contributed by atoms with Gasteiger partial charge >= 0.3 is 11.9 Å². The summed E-state index contributed by atoms with van der Waals surface area (Å²) in [7, 11) is 0. The Morgan fingerprint density at radius 1 is 0.714 bits per heavy atom. The smallest absolute Gasteiger partial charge is 0.330 e. The zero-order valence-electron chi connectivity index (χ0n) is 13.6. The number of carbonyl (C=O) groups is 2. The van der Waals surface area contributed by atoms with Crippen molar-refractivity contribution in [3.05, 3.63) is 24.3 Å². The number of rotatable bonds is 2. The minimum absolute atomic E-state index is 0.176. The molecule has 0 aliphatic heterocycles. The highest BCUT2D eigenvalue weighted by Crippen LogP contribution is 1.81. The fourth-order valence-electron chi connectivity index (χ4n) is 0. The van der Waals surface area contributed by atoms with E-state index >= 15 is 0 Å². The van der Waals surface area contributed by atoms with Crippen LogP contribution in [0.5, 0.6) is 0 Å². The Kier molecular flexibility index (Phi) is 46.6. The van der Waals surface area contributed by atoms with Crippen molar-refractivity contribution in [2.24, 2.45) is 0 Å². The van der Waals surface area contributed by atoms with E-state index in [1.54, 1.807) is 20.8 Å². The van der Waals surface area contributed by atoms with Crippen LogP contribution in [0.2, 0.25) is 0 Å². The second-order valence-electron chi connectivity index (χ2n) is 3.12. The monoisotopic (exact) mass is 310 g/mol. The van der Waals surface area contributed by atoms with Gasteiger partial charge in [-0.1, -0.05) is 13.2 Å². The maximum Gasteiger partial charge on any atom is 0.330 e. The van der Waals surface area contributed by atoms with Gasteiger partial charge in [0, 0.05) is 31.0 Å². The molecule has 0 saturated carbocycles. The molecule has 0 atom stereocenters. The van der Waals surface area contributed by atoms with Crippen LogP contribution < -0.4 is 0 Å². The van der Waals surface area contributed by atoms with Crippen LogP contribution in [-0.2, 0) is 9.59 Å². The number of carboxylic acids is 2. The van der Waals surface area contributed by atoms with E-state index in [2.05, 4.69) is 13.2 Å². The van der Waals surface area contributed by atoms with E-state index in [1.165, 1.54) is 13.8 Å². The summed E-state index contributed by atoms with van der Waals surface area (Å²) in [5, 5.41) is 38.5. The molecule has 0 radical (unpaired) electrons. The van der Waals surface area contributed by atoms with Gasteiger partial charge in [0.1, 0.15) is 0 Å². The third kappa shape index (κ3) is 123. The first kappa shape index (κ1) is 31.6. The van der Waals surface area contributed by atoms with E-state index in [-0.39, 0.29) is 31.0 Å². The van der Waals surface area contributed by atoms with Crippen molar-refractivity contribution in [1.82, 2.24) is 0 Å². The maximum atomic E-state index is 9.60. The average molecular weight is 310 g/mol. The molecule has 7 nitrogen and oxygen atoms in total. The second-order valence-corrected chi connectivity index (χ2v) is 3.12. The first-order valence-corrected chi connectivity index (χ1v) is 6.13. The van der Waals surface area contributed by atoms with Crippen LogP contribution in [0.1, 0.15) is 34.6 Å². The number of aliphatic hydroxyl groups is 3. The molecule has 128 valence electrons. The number of aliphatic hydroxyl groups excluding tert-OH is 3.